The van der Waals surface area contributed by atoms with Crippen molar-refractivity contribution in [3.63, 3.8) is 0 Å². The molecule has 130 valence electrons. The van der Waals surface area contributed by atoms with Crippen LogP contribution in [0.25, 0.3) is 11.4 Å². The van der Waals surface area contributed by atoms with Crippen LogP contribution >= 0.6 is 0 Å². The van der Waals surface area contributed by atoms with E-state index in [1.54, 1.807) is 0 Å². The van der Waals surface area contributed by atoms with Gasteiger partial charge in [-0.1, -0.05) is 49.3 Å². The molecule has 1 aliphatic heterocycles. The summed E-state index contributed by atoms with van der Waals surface area (Å²) in [4.78, 5) is 6.70. The van der Waals surface area contributed by atoms with E-state index in [2.05, 4.69) is 43.7 Å². The standard InChI is InChI=1S/C18H22N6O/c1-12(2)9-15-10-23(11-16-21-20-13(3)24(15)16)18-19-17(22-25-18)14-7-5-4-6-8-14/h4-8,12,15H,9-11H2,1-3H3/t15-/m0/s1. The highest BCUT2D eigenvalue weighted by molar-refractivity contribution is 5.55. The highest BCUT2D eigenvalue weighted by Crippen LogP contribution is 2.30. The number of hydrogen-bond donors (Lipinski definition) is 0. The van der Waals surface area contributed by atoms with Crippen LogP contribution in [0.3, 0.4) is 0 Å². The molecular weight excluding hydrogens is 316 g/mol. The zero-order valence-electron chi connectivity index (χ0n) is 14.8. The third-order valence-electron chi connectivity index (χ3n) is 4.53. The molecule has 0 fully saturated rings. The van der Waals surface area contributed by atoms with E-state index < -0.39 is 0 Å². The predicted octanol–water partition coefficient (Wildman–Crippen LogP) is 3.24. The number of aryl methyl sites for hydroxylation is 1. The Labute approximate surface area is 146 Å². The zero-order valence-corrected chi connectivity index (χ0v) is 14.8. The van der Waals surface area contributed by atoms with Crippen LogP contribution in [0.4, 0.5) is 6.01 Å². The summed E-state index contributed by atoms with van der Waals surface area (Å²) in [5.41, 5.74) is 0.951. The highest BCUT2D eigenvalue weighted by Gasteiger charge is 2.31. The lowest BCUT2D eigenvalue weighted by Crippen LogP contribution is -2.38. The van der Waals surface area contributed by atoms with Crippen molar-refractivity contribution in [2.75, 3.05) is 11.4 Å². The highest BCUT2D eigenvalue weighted by atomic mass is 16.5. The first-order valence-electron chi connectivity index (χ1n) is 8.66. The molecule has 0 bridgehead atoms. The summed E-state index contributed by atoms with van der Waals surface area (Å²) in [7, 11) is 0. The summed E-state index contributed by atoms with van der Waals surface area (Å²) in [6.07, 6.45) is 1.06. The van der Waals surface area contributed by atoms with Gasteiger partial charge in [-0.3, -0.25) is 0 Å². The molecule has 1 atom stereocenters. The fourth-order valence-corrected chi connectivity index (χ4v) is 3.49. The summed E-state index contributed by atoms with van der Waals surface area (Å²) < 4.78 is 7.80. The Kier molecular flexibility index (Phi) is 3.99. The van der Waals surface area contributed by atoms with Crippen LogP contribution in [0, 0.1) is 12.8 Å². The molecule has 0 radical (unpaired) electrons. The normalized spacial score (nSPS) is 17.1. The van der Waals surface area contributed by atoms with Gasteiger partial charge >= 0.3 is 6.01 Å². The van der Waals surface area contributed by atoms with Crippen LogP contribution in [0.15, 0.2) is 34.9 Å². The number of fused-ring (bicyclic) bond motifs is 1. The second-order valence-corrected chi connectivity index (χ2v) is 6.96. The minimum absolute atomic E-state index is 0.311. The van der Waals surface area contributed by atoms with Gasteiger partial charge in [-0.05, 0) is 19.3 Å². The van der Waals surface area contributed by atoms with E-state index in [1.807, 2.05) is 37.3 Å². The van der Waals surface area contributed by atoms with E-state index in [0.29, 0.717) is 30.3 Å². The van der Waals surface area contributed by atoms with Gasteiger partial charge < -0.3 is 14.0 Å². The van der Waals surface area contributed by atoms with Crippen LogP contribution in [-0.4, -0.2) is 31.4 Å². The maximum absolute atomic E-state index is 5.54. The van der Waals surface area contributed by atoms with Gasteiger partial charge in [-0.25, -0.2) is 0 Å². The first kappa shape index (κ1) is 15.8. The van der Waals surface area contributed by atoms with Crippen LogP contribution in [0.2, 0.25) is 0 Å². The van der Waals surface area contributed by atoms with Crippen molar-refractivity contribution in [3.05, 3.63) is 42.0 Å². The van der Waals surface area contributed by atoms with Gasteiger partial charge in [0.25, 0.3) is 0 Å². The van der Waals surface area contributed by atoms with Crippen molar-refractivity contribution in [2.45, 2.75) is 39.8 Å². The average molecular weight is 338 g/mol. The van der Waals surface area contributed by atoms with Crippen molar-refractivity contribution in [3.8, 4) is 11.4 Å². The van der Waals surface area contributed by atoms with E-state index in [-0.39, 0.29) is 0 Å². The number of benzene rings is 1. The second kappa shape index (κ2) is 6.31. The summed E-state index contributed by atoms with van der Waals surface area (Å²) in [6, 6.07) is 10.7. The molecule has 0 N–H and O–H groups in total. The zero-order chi connectivity index (χ0) is 17.4. The first-order valence-corrected chi connectivity index (χ1v) is 8.66. The Balaban J connectivity index is 1.62. The molecule has 0 saturated carbocycles. The molecule has 3 aromatic rings. The van der Waals surface area contributed by atoms with Gasteiger partial charge in [-0.2, -0.15) is 4.98 Å². The Morgan fingerprint density at radius 1 is 1.20 bits per heavy atom. The molecule has 1 aromatic carbocycles. The van der Waals surface area contributed by atoms with E-state index in [4.69, 9.17) is 4.52 Å². The molecule has 0 unspecified atom stereocenters. The molecule has 0 spiro atoms. The van der Waals surface area contributed by atoms with Crippen LogP contribution in [0.1, 0.15) is 38.0 Å². The number of aromatic nitrogens is 5. The number of anilines is 1. The maximum atomic E-state index is 5.54. The van der Waals surface area contributed by atoms with Crippen LogP contribution in [0.5, 0.6) is 0 Å². The molecule has 3 heterocycles. The SMILES string of the molecule is Cc1nnc2n1[C@@H](CC(C)C)CN(c1nc(-c3ccccc3)no1)C2. The molecule has 2 aromatic heterocycles. The lowest BCUT2D eigenvalue weighted by atomic mass is 10.0. The Morgan fingerprint density at radius 3 is 2.76 bits per heavy atom. The van der Waals surface area contributed by atoms with Gasteiger partial charge in [-0.15, -0.1) is 10.2 Å². The summed E-state index contributed by atoms with van der Waals surface area (Å²) in [5, 5.41) is 12.7. The van der Waals surface area contributed by atoms with Gasteiger partial charge in [0.05, 0.1) is 12.6 Å². The van der Waals surface area contributed by atoms with Gasteiger partial charge in [0.2, 0.25) is 5.82 Å². The fourth-order valence-electron chi connectivity index (χ4n) is 3.49. The summed E-state index contributed by atoms with van der Waals surface area (Å²) in [5.74, 6) is 3.12. The molecule has 7 nitrogen and oxygen atoms in total. The Bertz CT molecular complexity index is 854. The smallest absolute Gasteiger partial charge is 0.315 e. The maximum Gasteiger partial charge on any atom is 0.324 e. The molecule has 0 amide bonds. The topological polar surface area (TPSA) is 72.9 Å². The average Bonchev–Trinajstić information content (AvgIpc) is 3.23. The fraction of sp³-hybridized carbons (Fsp3) is 0.444. The molecular formula is C18H22N6O. The third-order valence-corrected chi connectivity index (χ3v) is 4.53. The first-order chi connectivity index (χ1) is 12.1. The Morgan fingerprint density at radius 2 is 2.00 bits per heavy atom. The lowest BCUT2D eigenvalue weighted by Gasteiger charge is -2.33. The number of hydrogen-bond acceptors (Lipinski definition) is 6. The van der Waals surface area contributed by atoms with Crippen molar-refractivity contribution >= 4 is 6.01 Å². The lowest BCUT2D eigenvalue weighted by molar-refractivity contribution is 0.335. The summed E-state index contributed by atoms with van der Waals surface area (Å²) in [6.45, 7) is 7.93. The van der Waals surface area contributed by atoms with Crippen molar-refractivity contribution < 1.29 is 4.52 Å². The Hall–Kier alpha value is -2.70. The van der Waals surface area contributed by atoms with Crippen LogP contribution in [-0.2, 0) is 6.54 Å². The van der Waals surface area contributed by atoms with Crippen LogP contribution < -0.4 is 4.90 Å². The van der Waals surface area contributed by atoms with Crippen molar-refractivity contribution in [2.24, 2.45) is 5.92 Å². The molecule has 0 saturated heterocycles. The summed E-state index contributed by atoms with van der Waals surface area (Å²) >= 11 is 0. The van der Waals surface area contributed by atoms with Gasteiger partial charge in [0.15, 0.2) is 5.82 Å². The monoisotopic (exact) mass is 338 g/mol. The largest absolute Gasteiger partial charge is 0.324 e. The molecule has 25 heavy (non-hydrogen) atoms. The van der Waals surface area contributed by atoms with Crippen molar-refractivity contribution in [1.82, 2.24) is 24.9 Å². The molecule has 0 aliphatic carbocycles. The minimum atomic E-state index is 0.311. The van der Waals surface area contributed by atoms with E-state index in [1.165, 1.54) is 0 Å². The van der Waals surface area contributed by atoms with Crippen molar-refractivity contribution in [1.29, 1.82) is 0 Å². The third kappa shape index (κ3) is 3.01. The minimum Gasteiger partial charge on any atom is -0.315 e. The van der Waals surface area contributed by atoms with E-state index in [0.717, 1.165) is 30.2 Å². The van der Waals surface area contributed by atoms with E-state index >= 15 is 0 Å². The quantitative estimate of drug-likeness (QED) is 0.727. The number of rotatable bonds is 4. The second-order valence-electron chi connectivity index (χ2n) is 6.96. The van der Waals surface area contributed by atoms with E-state index in [9.17, 15) is 0 Å². The number of nitrogens with zero attached hydrogens (tertiary/aromatic N) is 6. The van der Waals surface area contributed by atoms with Gasteiger partial charge in [0.1, 0.15) is 5.82 Å². The predicted molar refractivity (Wildman–Crippen MR) is 94.0 cm³/mol. The van der Waals surface area contributed by atoms with Gasteiger partial charge in [0, 0.05) is 12.1 Å². The molecule has 1 aliphatic rings. The molecule has 4 rings (SSSR count). The molecule has 7 heteroatoms.